The zero-order valence-corrected chi connectivity index (χ0v) is 16.5. The number of hydrogen-bond acceptors (Lipinski definition) is 1. The van der Waals surface area contributed by atoms with E-state index in [0.717, 1.165) is 18.4 Å². The fourth-order valence-corrected chi connectivity index (χ4v) is 4.57. The van der Waals surface area contributed by atoms with Crippen molar-refractivity contribution < 1.29 is 4.43 Å². The van der Waals surface area contributed by atoms with Gasteiger partial charge in [-0.25, -0.2) is 0 Å². The van der Waals surface area contributed by atoms with Gasteiger partial charge in [0.1, 0.15) is 0 Å². The van der Waals surface area contributed by atoms with Gasteiger partial charge in [0.05, 0.1) is 0 Å². The molecule has 0 saturated heterocycles. The maximum atomic E-state index is 6.17. The van der Waals surface area contributed by atoms with Crippen molar-refractivity contribution in [1.82, 2.24) is 0 Å². The Morgan fingerprint density at radius 1 is 1.05 bits per heavy atom. The van der Waals surface area contributed by atoms with Crippen LogP contribution in [0.2, 0.25) is 13.1 Å². The van der Waals surface area contributed by atoms with Gasteiger partial charge in [-0.05, 0) is 61.4 Å². The minimum Gasteiger partial charge on any atom is -0.420 e. The van der Waals surface area contributed by atoms with Crippen LogP contribution in [0, 0.1) is 22.7 Å². The normalized spacial score (nSPS) is 28.4. The van der Waals surface area contributed by atoms with Crippen molar-refractivity contribution in [1.29, 1.82) is 0 Å². The first-order valence-electron chi connectivity index (χ1n) is 7.88. The number of rotatable bonds is 5. The van der Waals surface area contributed by atoms with Gasteiger partial charge in [-0.1, -0.05) is 43.6 Å². The maximum Gasteiger partial charge on any atom is 0.170 e. The summed E-state index contributed by atoms with van der Waals surface area (Å²) >= 11 is 3.65. The van der Waals surface area contributed by atoms with Crippen LogP contribution in [0.15, 0.2) is 0 Å². The molecule has 0 radical (unpaired) electrons. The van der Waals surface area contributed by atoms with Crippen molar-refractivity contribution in [3.05, 3.63) is 0 Å². The first kappa shape index (κ1) is 17.7. The average molecular weight is 349 g/mol. The molecule has 19 heavy (non-hydrogen) atoms. The van der Waals surface area contributed by atoms with Gasteiger partial charge in [0.25, 0.3) is 0 Å². The molecular weight excluding hydrogens is 316 g/mol. The lowest BCUT2D eigenvalue weighted by Crippen LogP contribution is -2.46. The van der Waals surface area contributed by atoms with Crippen molar-refractivity contribution in [3.63, 3.8) is 0 Å². The molecule has 3 heteroatoms. The summed E-state index contributed by atoms with van der Waals surface area (Å²) in [5.74, 6) is 1.73. The predicted octanol–water partition coefficient (Wildman–Crippen LogP) is 5.24. The van der Waals surface area contributed by atoms with E-state index in [1.54, 1.807) is 0 Å². The van der Waals surface area contributed by atoms with Crippen LogP contribution in [0.1, 0.15) is 53.4 Å². The lowest BCUT2D eigenvalue weighted by atomic mass is 9.57. The molecule has 114 valence electrons. The first-order chi connectivity index (χ1) is 8.70. The summed E-state index contributed by atoms with van der Waals surface area (Å²) < 4.78 is 6.17. The molecule has 1 aliphatic rings. The van der Waals surface area contributed by atoms with Crippen LogP contribution in [0.4, 0.5) is 0 Å². The Bertz CT molecular complexity index is 266. The summed E-state index contributed by atoms with van der Waals surface area (Å²) in [5, 5.41) is 1.18. The monoisotopic (exact) mass is 348 g/mol. The van der Waals surface area contributed by atoms with Gasteiger partial charge in [0.2, 0.25) is 0 Å². The van der Waals surface area contributed by atoms with Crippen molar-refractivity contribution in [2.75, 3.05) is 11.9 Å². The lowest BCUT2D eigenvalue weighted by Gasteiger charge is -2.50. The zero-order valence-electron chi connectivity index (χ0n) is 13.8. The van der Waals surface area contributed by atoms with Crippen LogP contribution in [-0.4, -0.2) is 21.0 Å². The smallest absolute Gasteiger partial charge is 0.170 e. The highest BCUT2D eigenvalue weighted by molar-refractivity contribution is 9.09. The Morgan fingerprint density at radius 3 is 1.95 bits per heavy atom. The van der Waals surface area contributed by atoms with E-state index in [9.17, 15) is 0 Å². The largest absolute Gasteiger partial charge is 0.420 e. The molecule has 0 spiro atoms. The van der Waals surface area contributed by atoms with Crippen LogP contribution in [0.3, 0.4) is 0 Å². The van der Waals surface area contributed by atoms with Crippen LogP contribution in [0.25, 0.3) is 0 Å². The van der Waals surface area contributed by atoms with Crippen LogP contribution < -0.4 is 0 Å². The molecule has 0 aliphatic heterocycles. The standard InChI is InChI=1S/C16H33BrOSi/c1-15(2,3)16(4,12-18-19(5)6)14-9-7-13(11-17)8-10-14/h13-14,19H,7-12H2,1-6H3/t13-,14-,16?. The Balaban J connectivity index is 2.74. The SMILES string of the molecule is C[SiH](C)OCC(C)([C@H]1CC[C@H](CBr)CC1)C(C)(C)C. The minimum atomic E-state index is -0.922. The maximum absolute atomic E-state index is 6.17. The second-order valence-electron chi connectivity index (χ2n) is 7.90. The molecule has 0 aromatic heterocycles. The summed E-state index contributed by atoms with van der Waals surface area (Å²) in [6, 6.07) is 0. The van der Waals surface area contributed by atoms with E-state index in [-0.39, 0.29) is 0 Å². The van der Waals surface area contributed by atoms with Gasteiger partial charge in [0.15, 0.2) is 9.04 Å². The predicted molar refractivity (Wildman–Crippen MR) is 91.6 cm³/mol. The van der Waals surface area contributed by atoms with Gasteiger partial charge < -0.3 is 4.43 Å². The highest BCUT2D eigenvalue weighted by Gasteiger charge is 2.45. The van der Waals surface area contributed by atoms with Gasteiger partial charge >= 0.3 is 0 Å². The van der Waals surface area contributed by atoms with Gasteiger partial charge in [0, 0.05) is 11.9 Å². The minimum absolute atomic E-state index is 0.321. The molecular formula is C16H33BrOSi. The molecule has 0 N–H and O–H groups in total. The molecule has 1 rings (SSSR count). The molecule has 0 amide bonds. The van der Waals surface area contributed by atoms with E-state index >= 15 is 0 Å². The summed E-state index contributed by atoms with van der Waals surface area (Å²) in [5.41, 5.74) is 0.643. The van der Waals surface area contributed by atoms with Crippen LogP contribution in [-0.2, 0) is 4.43 Å². The van der Waals surface area contributed by atoms with Gasteiger partial charge in [-0.2, -0.15) is 0 Å². The van der Waals surface area contributed by atoms with E-state index in [4.69, 9.17) is 4.43 Å². The molecule has 0 aromatic rings. The van der Waals surface area contributed by atoms with E-state index in [2.05, 4.69) is 56.7 Å². The summed E-state index contributed by atoms with van der Waals surface area (Å²) in [7, 11) is -0.922. The number of alkyl halides is 1. The van der Waals surface area contributed by atoms with Crippen molar-refractivity contribution >= 4 is 25.0 Å². The second kappa shape index (κ2) is 7.08. The second-order valence-corrected chi connectivity index (χ2v) is 11.0. The molecule has 0 heterocycles. The lowest BCUT2D eigenvalue weighted by molar-refractivity contribution is -0.0323. The Morgan fingerprint density at radius 2 is 1.58 bits per heavy atom. The van der Waals surface area contributed by atoms with Gasteiger partial charge in [-0.3, -0.25) is 0 Å². The molecule has 0 bridgehead atoms. The zero-order chi connectivity index (χ0) is 14.7. The molecule has 1 atom stereocenters. The Labute approximate surface area is 130 Å². The number of halogens is 1. The number of hydrogen-bond donors (Lipinski definition) is 0. The van der Waals surface area contributed by atoms with E-state index in [1.165, 1.54) is 31.0 Å². The Kier molecular flexibility index (Phi) is 6.60. The molecule has 1 fully saturated rings. The van der Waals surface area contributed by atoms with Crippen molar-refractivity contribution in [2.24, 2.45) is 22.7 Å². The molecule has 1 saturated carbocycles. The fourth-order valence-electron chi connectivity index (χ4n) is 3.24. The highest BCUT2D eigenvalue weighted by Crippen LogP contribution is 2.50. The van der Waals surface area contributed by atoms with E-state index in [1.807, 2.05) is 0 Å². The summed E-state index contributed by atoms with van der Waals surface area (Å²) in [6.45, 7) is 15.2. The molecule has 1 nitrogen and oxygen atoms in total. The quantitative estimate of drug-likeness (QED) is 0.487. The first-order valence-corrected chi connectivity index (χ1v) is 11.8. The van der Waals surface area contributed by atoms with Crippen LogP contribution in [0.5, 0.6) is 0 Å². The van der Waals surface area contributed by atoms with Crippen LogP contribution >= 0.6 is 15.9 Å². The Hall–Kier alpha value is 0.657. The van der Waals surface area contributed by atoms with E-state index < -0.39 is 9.04 Å². The average Bonchev–Trinajstić information content (AvgIpc) is 2.34. The van der Waals surface area contributed by atoms with Crippen molar-refractivity contribution in [3.8, 4) is 0 Å². The summed E-state index contributed by atoms with van der Waals surface area (Å²) in [4.78, 5) is 0. The third-order valence-corrected chi connectivity index (χ3v) is 7.14. The summed E-state index contributed by atoms with van der Waals surface area (Å²) in [6.07, 6.45) is 5.54. The van der Waals surface area contributed by atoms with Crippen molar-refractivity contribution in [2.45, 2.75) is 66.5 Å². The molecule has 1 unspecified atom stereocenters. The molecule has 0 aromatic carbocycles. The van der Waals surface area contributed by atoms with Gasteiger partial charge in [-0.15, -0.1) is 0 Å². The highest BCUT2D eigenvalue weighted by atomic mass is 79.9. The topological polar surface area (TPSA) is 9.23 Å². The third kappa shape index (κ3) is 4.57. The fraction of sp³-hybridized carbons (Fsp3) is 1.00. The van der Waals surface area contributed by atoms with E-state index in [0.29, 0.717) is 10.8 Å². The molecule has 1 aliphatic carbocycles. The third-order valence-electron chi connectivity index (χ3n) is 5.40.